The number of nitro groups is 1. The van der Waals surface area contributed by atoms with E-state index in [2.05, 4.69) is 9.89 Å². The van der Waals surface area contributed by atoms with Gasteiger partial charge in [-0.25, -0.2) is 0 Å². The van der Waals surface area contributed by atoms with Crippen LogP contribution in [0.15, 0.2) is 35.5 Å². The Balaban J connectivity index is 1.70. The Kier molecular flexibility index (Phi) is 6.39. The van der Waals surface area contributed by atoms with Crippen molar-refractivity contribution in [2.24, 2.45) is 5.16 Å². The van der Waals surface area contributed by atoms with E-state index in [4.69, 9.17) is 19.0 Å². The topological polar surface area (TPSA) is 102 Å². The van der Waals surface area contributed by atoms with E-state index in [0.717, 1.165) is 0 Å². The largest absolute Gasteiger partial charge is 0.493 e. The third kappa shape index (κ3) is 5.08. The highest BCUT2D eigenvalue weighted by molar-refractivity contribution is 5.80. The number of rotatable bonds is 8. The number of oxime groups is 1. The molecule has 0 radical (unpaired) electrons. The van der Waals surface area contributed by atoms with Crippen LogP contribution in [-0.2, 0) is 22.8 Å². The number of fused-ring (bicyclic) bond motifs is 1. The van der Waals surface area contributed by atoms with Crippen LogP contribution in [0.3, 0.4) is 0 Å². The van der Waals surface area contributed by atoms with Gasteiger partial charge < -0.3 is 23.8 Å². The molecule has 0 aliphatic carbocycles. The molecule has 0 saturated heterocycles. The summed E-state index contributed by atoms with van der Waals surface area (Å²) in [7, 11) is 1.32. The molecule has 1 heterocycles. The zero-order chi connectivity index (χ0) is 20.8. The second kappa shape index (κ2) is 9.15. The third-order valence-corrected chi connectivity index (χ3v) is 3.88. The highest BCUT2D eigenvalue weighted by atomic mass is 19.3. The summed E-state index contributed by atoms with van der Waals surface area (Å²) in [5.74, 6) is 0.464. The first kappa shape index (κ1) is 20.3. The van der Waals surface area contributed by atoms with Gasteiger partial charge in [-0.15, -0.1) is 0 Å². The van der Waals surface area contributed by atoms with Crippen LogP contribution in [0.1, 0.15) is 16.7 Å². The van der Waals surface area contributed by atoms with Crippen molar-refractivity contribution < 1.29 is 37.5 Å². The molecule has 2 aromatic carbocycles. The molecule has 0 aromatic heterocycles. The third-order valence-electron chi connectivity index (χ3n) is 3.88. The van der Waals surface area contributed by atoms with Crippen molar-refractivity contribution >= 4 is 11.9 Å². The van der Waals surface area contributed by atoms with Crippen molar-refractivity contribution in [3.05, 3.63) is 57.1 Å². The van der Waals surface area contributed by atoms with Crippen LogP contribution < -0.4 is 14.2 Å². The van der Waals surface area contributed by atoms with Crippen molar-refractivity contribution in [1.29, 1.82) is 0 Å². The molecule has 1 aliphatic rings. The second-order valence-corrected chi connectivity index (χ2v) is 5.76. The first-order valence-electron chi connectivity index (χ1n) is 8.27. The van der Waals surface area contributed by atoms with Gasteiger partial charge in [0.2, 0.25) is 0 Å². The molecule has 3 rings (SSSR count). The highest BCUT2D eigenvalue weighted by Crippen LogP contribution is 2.33. The lowest BCUT2D eigenvalue weighted by Gasteiger charge is -2.20. The SMILES string of the molecule is COc1cc(/C=N\OCc2cc([N+](=O)[O-])cc3c2OCOC3)ccc1OC(F)F. The standard InChI is InChI=1S/C18H16F2N2O7/c1-25-16-4-11(2-3-15(16)29-18(19)20)7-21-28-9-13-6-14(22(23)24)5-12-8-26-10-27-17(12)13/h2-7,18H,8-10H2,1H3/b21-7-. The van der Waals surface area contributed by atoms with Gasteiger partial charge in [0.05, 0.1) is 24.9 Å². The molecule has 0 amide bonds. The number of halogens is 2. The van der Waals surface area contributed by atoms with E-state index in [1.54, 1.807) is 0 Å². The van der Waals surface area contributed by atoms with Gasteiger partial charge in [0.1, 0.15) is 12.4 Å². The molecular weight excluding hydrogens is 394 g/mol. The van der Waals surface area contributed by atoms with Crippen LogP contribution in [-0.4, -0.2) is 31.7 Å². The van der Waals surface area contributed by atoms with Crippen LogP contribution in [0.2, 0.25) is 0 Å². The van der Waals surface area contributed by atoms with Gasteiger partial charge >= 0.3 is 6.61 Å². The van der Waals surface area contributed by atoms with Crippen molar-refractivity contribution in [3.8, 4) is 17.2 Å². The maximum Gasteiger partial charge on any atom is 0.387 e. The molecule has 0 N–H and O–H groups in total. The Morgan fingerprint density at radius 2 is 2.14 bits per heavy atom. The smallest absolute Gasteiger partial charge is 0.387 e. The molecule has 0 unspecified atom stereocenters. The second-order valence-electron chi connectivity index (χ2n) is 5.76. The van der Waals surface area contributed by atoms with Crippen molar-refractivity contribution in [3.63, 3.8) is 0 Å². The van der Waals surface area contributed by atoms with Crippen molar-refractivity contribution in [1.82, 2.24) is 0 Å². The summed E-state index contributed by atoms with van der Waals surface area (Å²) in [5.41, 5.74) is 1.40. The lowest BCUT2D eigenvalue weighted by molar-refractivity contribution is -0.385. The average molecular weight is 410 g/mol. The number of hydrogen-bond donors (Lipinski definition) is 0. The van der Waals surface area contributed by atoms with Crippen LogP contribution in [0, 0.1) is 10.1 Å². The summed E-state index contributed by atoms with van der Waals surface area (Å²) >= 11 is 0. The average Bonchev–Trinajstić information content (AvgIpc) is 2.71. The molecule has 1 aliphatic heterocycles. The number of methoxy groups -OCH3 is 1. The Labute approximate surface area is 163 Å². The summed E-state index contributed by atoms with van der Waals surface area (Å²) in [6.07, 6.45) is 1.34. The molecule has 0 bridgehead atoms. The van der Waals surface area contributed by atoms with Gasteiger partial charge in [0.15, 0.2) is 18.3 Å². The first-order valence-corrected chi connectivity index (χ1v) is 8.27. The molecule has 9 nitrogen and oxygen atoms in total. The number of hydrogen-bond acceptors (Lipinski definition) is 8. The number of nitro benzene ring substituents is 1. The summed E-state index contributed by atoms with van der Waals surface area (Å²) in [5, 5.41) is 14.9. The minimum absolute atomic E-state index is 0.0356. The summed E-state index contributed by atoms with van der Waals surface area (Å²) in [6, 6.07) is 6.98. The normalized spacial score (nSPS) is 13.1. The Hall–Kier alpha value is -3.47. The molecule has 0 fully saturated rings. The zero-order valence-corrected chi connectivity index (χ0v) is 15.2. The molecule has 29 heavy (non-hydrogen) atoms. The van der Waals surface area contributed by atoms with Crippen LogP contribution in [0.25, 0.3) is 0 Å². The fourth-order valence-electron chi connectivity index (χ4n) is 2.66. The summed E-state index contributed by atoms with van der Waals surface area (Å²) in [4.78, 5) is 15.8. The van der Waals surface area contributed by atoms with E-state index in [-0.39, 0.29) is 37.2 Å². The van der Waals surface area contributed by atoms with Crippen LogP contribution in [0.4, 0.5) is 14.5 Å². The van der Waals surface area contributed by atoms with Crippen LogP contribution in [0.5, 0.6) is 17.2 Å². The number of ether oxygens (including phenoxy) is 4. The Morgan fingerprint density at radius 3 is 2.86 bits per heavy atom. The minimum Gasteiger partial charge on any atom is -0.493 e. The Morgan fingerprint density at radius 1 is 1.31 bits per heavy atom. The lowest BCUT2D eigenvalue weighted by Crippen LogP contribution is -2.14. The van der Waals surface area contributed by atoms with Gasteiger partial charge in [-0.1, -0.05) is 5.16 Å². The first-order chi connectivity index (χ1) is 14.0. The van der Waals surface area contributed by atoms with Gasteiger partial charge in [0, 0.05) is 28.8 Å². The molecule has 0 spiro atoms. The predicted molar refractivity (Wildman–Crippen MR) is 95.4 cm³/mol. The van der Waals surface area contributed by atoms with E-state index in [0.29, 0.717) is 22.4 Å². The fourth-order valence-corrected chi connectivity index (χ4v) is 2.66. The highest BCUT2D eigenvalue weighted by Gasteiger charge is 2.21. The minimum atomic E-state index is -2.97. The molecule has 2 aromatic rings. The van der Waals surface area contributed by atoms with Gasteiger partial charge in [-0.3, -0.25) is 10.1 Å². The monoisotopic (exact) mass is 410 g/mol. The van der Waals surface area contributed by atoms with Crippen molar-refractivity contribution in [2.45, 2.75) is 19.8 Å². The molecule has 11 heteroatoms. The van der Waals surface area contributed by atoms with E-state index >= 15 is 0 Å². The molecule has 0 atom stereocenters. The summed E-state index contributed by atoms with van der Waals surface area (Å²) in [6.45, 7) is -2.82. The quantitative estimate of drug-likeness (QED) is 0.372. The van der Waals surface area contributed by atoms with E-state index in [9.17, 15) is 18.9 Å². The predicted octanol–water partition coefficient (Wildman–Crippen LogP) is 3.62. The Bertz CT molecular complexity index is 921. The molecule has 0 saturated carbocycles. The number of nitrogens with zero attached hydrogens (tertiary/aromatic N) is 2. The number of benzene rings is 2. The fraction of sp³-hybridized carbons (Fsp3) is 0.278. The van der Waals surface area contributed by atoms with E-state index < -0.39 is 11.5 Å². The van der Waals surface area contributed by atoms with E-state index in [1.165, 1.54) is 43.7 Å². The lowest BCUT2D eigenvalue weighted by atomic mass is 10.1. The number of non-ortho nitro benzene ring substituents is 1. The van der Waals surface area contributed by atoms with E-state index in [1.807, 2.05) is 0 Å². The molecular formula is C18H16F2N2O7. The maximum absolute atomic E-state index is 12.4. The van der Waals surface area contributed by atoms with Gasteiger partial charge in [0.25, 0.3) is 5.69 Å². The van der Waals surface area contributed by atoms with Gasteiger partial charge in [-0.2, -0.15) is 8.78 Å². The zero-order valence-electron chi connectivity index (χ0n) is 15.2. The maximum atomic E-state index is 12.4. The number of alkyl halides is 2. The summed E-state index contributed by atoms with van der Waals surface area (Å²) < 4.78 is 44.6. The van der Waals surface area contributed by atoms with Crippen LogP contribution >= 0.6 is 0 Å². The molecule has 154 valence electrons. The van der Waals surface area contributed by atoms with Crippen molar-refractivity contribution in [2.75, 3.05) is 13.9 Å². The van der Waals surface area contributed by atoms with Gasteiger partial charge in [-0.05, 0) is 18.2 Å².